The number of aromatic carboxylic acids is 1. The minimum absolute atomic E-state index is 0.0135. The zero-order valence-corrected chi connectivity index (χ0v) is 23.1. The number of hydrogen-bond donors (Lipinski definition) is 1. The first-order valence-electron chi connectivity index (χ1n) is 13.6. The summed E-state index contributed by atoms with van der Waals surface area (Å²) in [6.45, 7) is 2.88. The van der Waals surface area contributed by atoms with E-state index in [1.165, 1.54) is 32.5 Å². The minimum Gasteiger partial charge on any atom is -0.492 e. The lowest BCUT2D eigenvalue weighted by Crippen LogP contribution is -2.49. The number of carbonyl (C=O) groups is 2. The topological polar surface area (TPSA) is 117 Å². The highest BCUT2D eigenvalue weighted by Crippen LogP contribution is 2.44. The van der Waals surface area contributed by atoms with Crippen molar-refractivity contribution in [3.05, 3.63) is 63.4 Å². The van der Waals surface area contributed by atoms with Crippen LogP contribution in [0, 0.1) is 11.6 Å². The number of carbonyl (C=O) groups excluding carboxylic acids is 1. The lowest BCUT2D eigenvalue weighted by atomic mass is 10.1. The Morgan fingerprint density at radius 3 is 2.45 bits per heavy atom. The van der Waals surface area contributed by atoms with Gasteiger partial charge in [0.05, 0.1) is 23.7 Å². The molecule has 3 heterocycles. The fourth-order valence-electron chi connectivity index (χ4n) is 5.85. The molecular weight excluding hydrogens is 552 g/mol. The monoisotopic (exact) mass is 581 g/mol. The first kappa shape index (κ1) is 27.6. The number of rotatable bonds is 8. The molecule has 0 atom stereocenters. The fraction of sp³-hybridized carbons (Fsp3) is 0.379. The number of piperazine rings is 1. The van der Waals surface area contributed by atoms with Crippen LogP contribution in [0.15, 0.2) is 40.4 Å². The molecule has 1 aromatic heterocycles. The van der Waals surface area contributed by atoms with Gasteiger partial charge in [-0.2, -0.15) is 0 Å². The number of pyridine rings is 1. The second-order valence-corrected chi connectivity index (χ2v) is 10.5. The SMILES string of the molecule is CO/N=C1\C(=O)N(CCN2CCN(c3c(F)cc4c(=O)c(C(=O)O)cn(C5CC5)c4c3OC)CC2)c2ccc(F)cc21. The van der Waals surface area contributed by atoms with Gasteiger partial charge < -0.3 is 29.0 Å². The average Bonchev–Trinajstić information content (AvgIpc) is 3.78. The van der Waals surface area contributed by atoms with Crippen LogP contribution >= 0.6 is 0 Å². The van der Waals surface area contributed by atoms with Gasteiger partial charge in [0.25, 0.3) is 5.91 Å². The fourth-order valence-corrected chi connectivity index (χ4v) is 5.85. The zero-order chi connectivity index (χ0) is 29.7. The smallest absolute Gasteiger partial charge is 0.341 e. The van der Waals surface area contributed by atoms with Gasteiger partial charge in [-0.15, -0.1) is 0 Å². The van der Waals surface area contributed by atoms with Crippen LogP contribution in [0.5, 0.6) is 5.75 Å². The molecular formula is C29H29F2N5O6. The number of benzene rings is 2. The lowest BCUT2D eigenvalue weighted by Gasteiger charge is -2.37. The van der Waals surface area contributed by atoms with Crippen LogP contribution in [0.2, 0.25) is 0 Å². The molecule has 1 aliphatic carbocycles. The molecule has 11 nitrogen and oxygen atoms in total. The van der Waals surface area contributed by atoms with E-state index in [1.54, 1.807) is 15.5 Å². The largest absolute Gasteiger partial charge is 0.492 e. The Morgan fingerprint density at radius 2 is 1.81 bits per heavy atom. The highest BCUT2D eigenvalue weighted by atomic mass is 19.1. The third-order valence-corrected chi connectivity index (χ3v) is 8.04. The quantitative estimate of drug-likeness (QED) is 0.404. The van der Waals surface area contributed by atoms with Crippen molar-refractivity contribution in [3.63, 3.8) is 0 Å². The van der Waals surface area contributed by atoms with Crippen molar-refractivity contribution in [2.24, 2.45) is 5.16 Å². The summed E-state index contributed by atoms with van der Waals surface area (Å²) in [5, 5.41) is 13.3. The number of nitrogens with zero attached hydrogens (tertiary/aromatic N) is 5. The molecule has 1 N–H and O–H groups in total. The first-order valence-corrected chi connectivity index (χ1v) is 13.6. The average molecular weight is 582 g/mol. The van der Waals surface area contributed by atoms with E-state index in [9.17, 15) is 23.9 Å². The van der Waals surface area contributed by atoms with Crippen LogP contribution in [-0.4, -0.2) is 85.6 Å². The molecule has 1 saturated heterocycles. The Balaban J connectivity index is 1.22. The van der Waals surface area contributed by atoms with E-state index in [0.717, 1.165) is 18.9 Å². The van der Waals surface area contributed by atoms with Crippen LogP contribution in [0.3, 0.4) is 0 Å². The van der Waals surface area contributed by atoms with Gasteiger partial charge in [0.1, 0.15) is 24.2 Å². The number of fused-ring (bicyclic) bond motifs is 2. The molecule has 1 saturated carbocycles. The number of amides is 1. The normalized spacial score (nSPS) is 18.2. The third kappa shape index (κ3) is 4.63. The Hall–Kier alpha value is -4.52. The molecule has 2 fully saturated rings. The Morgan fingerprint density at radius 1 is 1.07 bits per heavy atom. The standard InChI is InChI=1S/C29H29F2N5O6/c1-41-27-24-19(26(37)20(29(39)40)15-36(24)17-4-5-17)14-21(31)25(27)34-10-7-33(8-11-34)9-12-35-22-6-3-16(30)13-18(22)23(28(35)38)32-42-2/h3,6,13-15,17H,4-5,7-12H2,1-2H3,(H,39,40)/b32-23-. The zero-order valence-electron chi connectivity index (χ0n) is 23.1. The molecule has 0 unspecified atom stereocenters. The van der Waals surface area contributed by atoms with E-state index < -0.39 is 28.6 Å². The van der Waals surface area contributed by atoms with Gasteiger partial charge in [-0.05, 0) is 37.1 Å². The number of methoxy groups -OCH3 is 1. The first-order chi connectivity index (χ1) is 20.2. The second-order valence-electron chi connectivity index (χ2n) is 10.5. The highest BCUT2D eigenvalue weighted by molar-refractivity contribution is 6.54. The number of oxime groups is 1. The summed E-state index contributed by atoms with van der Waals surface area (Å²) < 4.78 is 37.0. The van der Waals surface area contributed by atoms with Gasteiger partial charge in [-0.3, -0.25) is 14.5 Å². The Kier molecular flexibility index (Phi) is 7.05. The van der Waals surface area contributed by atoms with Gasteiger partial charge in [-0.25, -0.2) is 13.6 Å². The van der Waals surface area contributed by atoms with Crippen molar-refractivity contribution in [2.45, 2.75) is 18.9 Å². The van der Waals surface area contributed by atoms with Gasteiger partial charge in [0.2, 0.25) is 5.43 Å². The van der Waals surface area contributed by atoms with Gasteiger partial charge in [0, 0.05) is 57.1 Å². The summed E-state index contributed by atoms with van der Waals surface area (Å²) in [6, 6.07) is 5.24. The minimum atomic E-state index is -1.36. The van der Waals surface area contributed by atoms with E-state index in [1.807, 2.05) is 4.90 Å². The summed E-state index contributed by atoms with van der Waals surface area (Å²) in [5.74, 6) is -2.66. The predicted octanol–water partition coefficient (Wildman–Crippen LogP) is 2.84. The maximum absolute atomic E-state index is 15.7. The molecule has 0 radical (unpaired) electrons. The molecule has 6 rings (SSSR count). The van der Waals surface area contributed by atoms with Crippen molar-refractivity contribution >= 4 is 39.9 Å². The number of halogens is 2. The summed E-state index contributed by atoms with van der Waals surface area (Å²) in [7, 11) is 2.74. The summed E-state index contributed by atoms with van der Waals surface area (Å²) in [5.41, 5.74) is 0.468. The predicted molar refractivity (Wildman–Crippen MR) is 151 cm³/mol. The summed E-state index contributed by atoms with van der Waals surface area (Å²) in [4.78, 5) is 48.1. The lowest BCUT2D eigenvalue weighted by molar-refractivity contribution is -0.112. The molecule has 0 bridgehead atoms. The van der Waals surface area contributed by atoms with Crippen molar-refractivity contribution in [2.75, 3.05) is 63.3 Å². The highest BCUT2D eigenvalue weighted by Gasteiger charge is 2.36. The maximum atomic E-state index is 15.7. The van der Waals surface area contributed by atoms with Crippen molar-refractivity contribution in [1.82, 2.24) is 9.47 Å². The summed E-state index contributed by atoms with van der Waals surface area (Å²) >= 11 is 0. The molecule has 0 spiro atoms. The van der Waals surface area contributed by atoms with E-state index in [-0.39, 0.29) is 34.5 Å². The number of aromatic nitrogens is 1. The van der Waals surface area contributed by atoms with Crippen molar-refractivity contribution < 1.29 is 33.1 Å². The van der Waals surface area contributed by atoms with E-state index >= 15 is 4.39 Å². The van der Waals surface area contributed by atoms with Gasteiger partial charge in [0.15, 0.2) is 17.3 Å². The van der Waals surface area contributed by atoms with Crippen LogP contribution < -0.4 is 20.0 Å². The molecule has 42 heavy (non-hydrogen) atoms. The summed E-state index contributed by atoms with van der Waals surface area (Å²) in [6.07, 6.45) is 2.98. The molecule has 13 heteroatoms. The number of carboxylic acid groups (broad SMARTS) is 1. The van der Waals surface area contributed by atoms with Crippen LogP contribution in [0.1, 0.15) is 34.8 Å². The third-order valence-electron chi connectivity index (χ3n) is 8.04. The molecule has 3 aliphatic rings. The van der Waals surface area contributed by atoms with Crippen molar-refractivity contribution in [1.29, 1.82) is 0 Å². The van der Waals surface area contributed by atoms with Crippen molar-refractivity contribution in [3.8, 4) is 5.75 Å². The second kappa shape index (κ2) is 10.7. The maximum Gasteiger partial charge on any atom is 0.341 e. The van der Waals surface area contributed by atoms with E-state index in [0.29, 0.717) is 56.0 Å². The number of anilines is 2. The molecule has 2 aromatic carbocycles. The number of hydrogen-bond acceptors (Lipinski definition) is 8. The molecule has 2 aliphatic heterocycles. The van der Waals surface area contributed by atoms with Gasteiger partial charge in [-0.1, -0.05) is 5.16 Å². The number of carboxylic acids is 1. The Bertz CT molecular complexity index is 1690. The van der Waals surface area contributed by atoms with Crippen LogP contribution in [0.25, 0.3) is 10.9 Å². The van der Waals surface area contributed by atoms with Gasteiger partial charge >= 0.3 is 5.97 Å². The Labute approximate surface area is 239 Å². The van der Waals surface area contributed by atoms with E-state index in [2.05, 4.69) is 10.1 Å². The van der Waals surface area contributed by atoms with Crippen LogP contribution in [0.4, 0.5) is 20.2 Å². The van der Waals surface area contributed by atoms with Crippen LogP contribution in [-0.2, 0) is 9.63 Å². The van der Waals surface area contributed by atoms with E-state index in [4.69, 9.17) is 9.57 Å². The molecule has 220 valence electrons. The molecule has 1 amide bonds. The number of ether oxygens (including phenoxy) is 1. The molecule has 3 aromatic rings.